The van der Waals surface area contributed by atoms with Crippen molar-refractivity contribution in [2.24, 2.45) is 0 Å². The lowest BCUT2D eigenvalue weighted by Gasteiger charge is -2.21. The molecule has 96 valence electrons. The molecule has 0 aromatic heterocycles. The Hall–Kier alpha value is -1.37. The number of aliphatic hydroxyl groups excluding tert-OH is 1. The topological polar surface area (TPSA) is 44.0 Å². The summed E-state index contributed by atoms with van der Waals surface area (Å²) in [5.74, 6) is 0. The molecule has 1 aromatic rings. The standard InChI is InChI=1S/C15H21NOSi/c1-18(2,12-8-4-3-7-11-16)15-10-6-5-9-14(15)13-17/h5-6,8-10,12,17H,3-4,7,13H2,1-2H3/b12-8+. The number of benzene rings is 1. The fourth-order valence-electron chi connectivity index (χ4n) is 2.05. The van der Waals surface area contributed by atoms with Gasteiger partial charge in [0.25, 0.3) is 0 Å². The second kappa shape index (κ2) is 7.15. The minimum atomic E-state index is -1.63. The number of allylic oxidation sites excluding steroid dienone is 1. The number of hydrogen-bond acceptors (Lipinski definition) is 2. The monoisotopic (exact) mass is 259 g/mol. The lowest BCUT2D eigenvalue weighted by Crippen LogP contribution is -2.41. The van der Waals surface area contributed by atoms with Crippen LogP contribution in [0.25, 0.3) is 0 Å². The van der Waals surface area contributed by atoms with Gasteiger partial charge >= 0.3 is 0 Å². The molecule has 0 bridgehead atoms. The van der Waals surface area contributed by atoms with Gasteiger partial charge in [-0.1, -0.05) is 49.1 Å². The van der Waals surface area contributed by atoms with Crippen LogP contribution in [-0.2, 0) is 6.61 Å². The molecule has 0 radical (unpaired) electrons. The Kier molecular flexibility index (Phi) is 5.83. The SMILES string of the molecule is C[Si](C)(/C=C/CCCC#N)c1ccccc1CO. The summed E-state index contributed by atoms with van der Waals surface area (Å²) in [6.45, 7) is 4.67. The van der Waals surface area contributed by atoms with Crippen molar-refractivity contribution in [3.63, 3.8) is 0 Å². The molecule has 0 aliphatic carbocycles. The largest absolute Gasteiger partial charge is 0.392 e. The summed E-state index contributed by atoms with van der Waals surface area (Å²) in [5, 5.41) is 19.2. The van der Waals surface area contributed by atoms with Gasteiger partial charge in [-0.25, -0.2) is 0 Å². The highest BCUT2D eigenvalue weighted by atomic mass is 28.3. The van der Waals surface area contributed by atoms with Gasteiger partial charge < -0.3 is 5.11 Å². The summed E-state index contributed by atoms with van der Waals surface area (Å²) in [6, 6.07) is 10.3. The van der Waals surface area contributed by atoms with E-state index in [0.29, 0.717) is 6.42 Å². The van der Waals surface area contributed by atoms with Crippen LogP contribution in [-0.4, -0.2) is 13.2 Å². The highest BCUT2D eigenvalue weighted by molar-refractivity contribution is 6.94. The van der Waals surface area contributed by atoms with Gasteiger partial charge in [0.05, 0.1) is 12.7 Å². The fourth-order valence-corrected chi connectivity index (χ4v) is 4.50. The van der Waals surface area contributed by atoms with Gasteiger partial charge in [-0.05, 0) is 23.6 Å². The van der Waals surface area contributed by atoms with Crippen LogP contribution in [0.1, 0.15) is 24.8 Å². The predicted molar refractivity (Wildman–Crippen MR) is 78.1 cm³/mol. The minimum Gasteiger partial charge on any atom is -0.392 e. The van der Waals surface area contributed by atoms with Gasteiger partial charge in [0.15, 0.2) is 0 Å². The highest BCUT2D eigenvalue weighted by Gasteiger charge is 2.22. The number of nitriles is 1. The number of rotatable bonds is 6. The van der Waals surface area contributed by atoms with Crippen molar-refractivity contribution in [1.82, 2.24) is 0 Å². The van der Waals surface area contributed by atoms with Gasteiger partial charge in [0.2, 0.25) is 0 Å². The Morgan fingerprint density at radius 3 is 2.72 bits per heavy atom. The molecule has 0 aliphatic rings. The molecule has 0 fully saturated rings. The van der Waals surface area contributed by atoms with E-state index in [1.165, 1.54) is 5.19 Å². The third-order valence-corrected chi connectivity index (χ3v) is 6.02. The second-order valence-electron chi connectivity index (χ2n) is 4.99. The van der Waals surface area contributed by atoms with E-state index in [-0.39, 0.29) is 6.61 Å². The Balaban J connectivity index is 2.76. The fraction of sp³-hybridized carbons (Fsp3) is 0.400. The average Bonchev–Trinajstić information content (AvgIpc) is 2.38. The van der Waals surface area contributed by atoms with E-state index >= 15 is 0 Å². The van der Waals surface area contributed by atoms with E-state index in [2.05, 4.69) is 37.0 Å². The maximum atomic E-state index is 9.39. The molecule has 0 aliphatic heterocycles. The van der Waals surface area contributed by atoms with E-state index < -0.39 is 8.07 Å². The third-order valence-electron chi connectivity index (χ3n) is 3.08. The molecule has 1 N–H and O–H groups in total. The maximum absolute atomic E-state index is 9.39. The molecule has 0 atom stereocenters. The molecule has 3 heteroatoms. The van der Waals surface area contributed by atoms with E-state index in [1.807, 2.05) is 18.2 Å². The van der Waals surface area contributed by atoms with Crippen molar-refractivity contribution < 1.29 is 5.11 Å². The molecule has 0 saturated carbocycles. The Morgan fingerprint density at radius 2 is 2.06 bits per heavy atom. The van der Waals surface area contributed by atoms with Crippen molar-refractivity contribution in [3.05, 3.63) is 41.6 Å². The first kappa shape index (κ1) is 14.7. The molecular formula is C15H21NOSi. The maximum Gasteiger partial charge on any atom is 0.104 e. The predicted octanol–water partition coefficient (Wildman–Crippen LogP) is 2.88. The zero-order chi connectivity index (χ0) is 13.4. The summed E-state index contributed by atoms with van der Waals surface area (Å²) >= 11 is 0. The minimum absolute atomic E-state index is 0.106. The molecule has 2 nitrogen and oxygen atoms in total. The average molecular weight is 259 g/mol. The molecule has 0 heterocycles. The molecule has 0 unspecified atom stereocenters. The van der Waals surface area contributed by atoms with Crippen LogP contribution >= 0.6 is 0 Å². The van der Waals surface area contributed by atoms with Crippen molar-refractivity contribution in [2.75, 3.05) is 0 Å². The van der Waals surface area contributed by atoms with Crippen LogP contribution in [0.15, 0.2) is 36.0 Å². The third kappa shape index (κ3) is 4.14. The zero-order valence-electron chi connectivity index (χ0n) is 11.2. The molecule has 0 amide bonds. The molecular weight excluding hydrogens is 238 g/mol. The summed E-state index contributed by atoms with van der Waals surface area (Å²) in [6.07, 6.45) is 4.71. The van der Waals surface area contributed by atoms with Crippen LogP contribution in [0.4, 0.5) is 0 Å². The molecule has 0 spiro atoms. The van der Waals surface area contributed by atoms with Crippen LogP contribution in [0.2, 0.25) is 13.1 Å². The van der Waals surface area contributed by atoms with Crippen molar-refractivity contribution in [3.8, 4) is 6.07 Å². The smallest absolute Gasteiger partial charge is 0.104 e. The summed E-state index contributed by atoms with van der Waals surface area (Å²) in [4.78, 5) is 0. The first-order chi connectivity index (χ1) is 8.61. The van der Waals surface area contributed by atoms with Crippen molar-refractivity contribution in [2.45, 2.75) is 39.0 Å². The Labute approximate surface area is 111 Å². The van der Waals surface area contributed by atoms with Gasteiger partial charge in [-0.3, -0.25) is 0 Å². The molecule has 1 rings (SSSR count). The van der Waals surface area contributed by atoms with E-state index in [0.717, 1.165) is 18.4 Å². The summed E-state index contributed by atoms with van der Waals surface area (Å²) in [5.41, 5.74) is 3.34. The molecule has 0 saturated heterocycles. The van der Waals surface area contributed by atoms with Gasteiger partial charge in [-0.15, -0.1) is 0 Å². The van der Waals surface area contributed by atoms with Gasteiger partial charge in [0.1, 0.15) is 8.07 Å². The normalized spacial score (nSPS) is 11.7. The van der Waals surface area contributed by atoms with Crippen LogP contribution < -0.4 is 5.19 Å². The number of aliphatic hydroxyl groups is 1. The number of unbranched alkanes of at least 4 members (excludes halogenated alkanes) is 2. The second-order valence-corrected chi connectivity index (χ2v) is 9.31. The van der Waals surface area contributed by atoms with E-state index in [9.17, 15) is 5.11 Å². The summed E-state index contributed by atoms with van der Waals surface area (Å²) < 4.78 is 0. The van der Waals surface area contributed by atoms with Crippen molar-refractivity contribution >= 4 is 13.3 Å². The first-order valence-corrected chi connectivity index (χ1v) is 9.43. The number of nitrogens with zero attached hydrogens (tertiary/aromatic N) is 1. The highest BCUT2D eigenvalue weighted by Crippen LogP contribution is 2.10. The lowest BCUT2D eigenvalue weighted by atomic mass is 10.2. The zero-order valence-corrected chi connectivity index (χ0v) is 12.2. The van der Waals surface area contributed by atoms with Crippen LogP contribution in [0.5, 0.6) is 0 Å². The van der Waals surface area contributed by atoms with Crippen LogP contribution in [0.3, 0.4) is 0 Å². The van der Waals surface area contributed by atoms with E-state index in [1.54, 1.807) is 0 Å². The summed E-state index contributed by atoms with van der Waals surface area (Å²) in [7, 11) is -1.63. The molecule has 18 heavy (non-hydrogen) atoms. The van der Waals surface area contributed by atoms with Crippen molar-refractivity contribution in [1.29, 1.82) is 5.26 Å². The van der Waals surface area contributed by atoms with Gasteiger partial charge in [-0.2, -0.15) is 5.26 Å². The first-order valence-electron chi connectivity index (χ1n) is 6.35. The van der Waals surface area contributed by atoms with E-state index in [4.69, 9.17) is 5.26 Å². The quantitative estimate of drug-likeness (QED) is 0.630. The van der Waals surface area contributed by atoms with Gasteiger partial charge in [0, 0.05) is 6.42 Å². The Bertz CT molecular complexity index is 446. The number of hydrogen-bond donors (Lipinski definition) is 1. The lowest BCUT2D eigenvalue weighted by molar-refractivity contribution is 0.283. The van der Waals surface area contributed by atoms with Crippen LogP contribution in [0, 0.1) is 11.3 Å². The molecule has 1 aromatic carbocycles. The Morgan fingerprint density at radius 1 is 1.33 bits per heavy atom.